The number of benzene rings is 1. The zero-order valence-corrected chi connectivity index (χ0v) is 10.2. The van der Waals surface area contributed by atoms with Gasteiger partial charge >= 0.3 is 5.97 Å². The third kappa shape index (κ3) is 3.32. The van der Waals surface area contributed by atoms with Crippen LogP contribution < -0.4 is 5.32 Å². The summed E-state index contributed by atoms with van der Waals surface area (Å²) >= 11 is 0. The molecule has 0 saturated carbocycles. The predicted molar refractivity (Wildman–Crippen MR) is 66.0 cm³/mol. The summed E-state index contributed by atoms with van der Waals surface area (Å²) in [5, 5.41) is 20.2. The van der Waals surface area contributed by atoms with Gasteiger partial charge in [0.05, 0.1) is 11.6 Å². The number of nitriles is 1. The predicted octanol–water partition coefficient (Wildman–Crippen LogP) is 2.12. The largest absolute Gasteiger partial charge is 0.478 e. The number of carbonyl (C=O) groups excluding carboxylic acids is 1. The van der Waals surface area contributed by atoms with Crippen LogP contribution in [0.15, 0.2) is 24.3 Å². The topological polar surface area (TPSA) is 90.2 Å². The molecular formula is C13H14N2O3. The summed E-state index contributed by atoms with van der Waals surface area (Å²) in [6.07, 6.45) is 0. The summed E-state index contributed by atoms with van der Waals surface area (Å²) in [6.45, 7) is 3.59. The van der Waals surface area contributed by atoms with Crippen molar-refractivity contribution >= 4 is 17.6 Å². The Morgan fingerprint density at radius 2 is 1.83 bits per heavy atom. The summed E-state index contributed by atoms with van der Waals surface area (Å²) in [6, 6.07) is 7.73. The molecule has 0 bridgehead atoms. The van der Waals surface area contributed by atoms with Crippen LogP contribution in [0.2, 0.25) is 0 Å². The van der Waals surface area contributed by atoms with Gasteiger partial charge in [-0.25, -0.2) is 4.79 Å². The van der Waals surface area contributed by atoms with Gasteiger partial charge in [0, 0.05) is 5.69 Å². The molecule has 18 heavy (non-hydrogen) atoms. The van der Waals surface area contributed by atoms with Crippen molar-refractivity contribution in [3.63, 3.8) is 0 Å². The lowest BCUT2D eigenvalue weighted by Gasteiger charge is -2.13. The Morgan fingerprint density at radius 3 is 2.22 bits per heavy atom. The quantitative estimate of drug-likeness (QED) is 0.851. The average Bonchev–Trinajstić information content (AvgIpc) is 2.29. The molecule has 1 aromatic rings. The van der Waals surface area contributed by atoms with Gasteiger partial charge in [-0.05, 0) is 30.2 Å². The number of carbonyl (C=O) groups is 2. The molecule has 0 spiro atoms. The number of aromatic carboxylic acids is 1. The first-order chi connectivity index (χ1) is 8.45. The molecule has 2 N–H and O–H groups in total. The molecule has 94 valence electrons. The maximum atomic E-state index is 11.8. The van der Waals surface area contributed by atoms with Crippen molar-refractivity contribution in [2.75, 3.05) is 5.32 Å². The molecule has 5 heteroatoms. The van der Waals surface area contributed by atoms with E-state index in [1.54, 1.807) is 13.8 Å². The number of carboxylic acids is 1. The first-order valence-corrected chi connectivity index (χ1v) is 5.49. The van der Waals surface area contributed by atoms with Crippen molar-refractivity contribution in [1.82, 2.24) is 0 Å². The minimum absolute atomic E-state index is 0.0757. The van der Waals surface area contributed by atoms with Gasteiger partial charge in [-0.2, -0.15) is 5.26 Å². The number of amides is 1. The first-order valence-electron chi connectivity index (χ1n) is 5.49. The van der Waals surface area contributed by atoms with E-state index in [1.807, 2.05) is 6.07 Å². The molecule has 0 radical (unpaired) electrons. The molecule has 0 aliphatic carbocycles. The third-order valence-electron chi connectivity index (χ3n) is 2.49. The molecule has 0 fully saturated rings. The van der Waals surface area contributed by atoms with Gasteiger partial charge in [-0.1, -0.05) is 13.8 Å². The Labute approximate surface area is 105 Å². The van der Waals surface area contributed by atoms with Gasteiger partial charge in [0.25, 0.3) is 0 Å². The molecule has 0 aromatic heterocycles. The number of anilines is 1. The number of carboxylic acid groups (broad SMARTS) is 1. The van der Waals surface area contributed by atoms with E-state index >= 15 is 0 Å². The Kier molecular flexibility index (Phi) is 4.44. The van der Waals surface area contributed by atoms with E-state index in [0.29, 0.717) is 5.69 Å². The van der Waals surface area contributed by atoms with Crippen molar-refractivity contribution in [3.8, 4) is 6.07 Å². The SMILES string of the molecule is CC(C)C(C#N)C(=O)Nc1ccc(C(=O)O)cc1. The van der Waals surface area contributed by atoms with Gasteiger partial charge in [-0.3, -0.25) is 4.79 Å². The fraction of sp³-hybridized carbons (Fsp3) is 0.308. The molecule has 5 nitrogen and oxygen atoms in total. The molecular weight excluding hydrogens is 232 g/mol. The van der Waals surface area contributed by atoms with E-state index in [2.05, 4.69) is 5.32 Å². The molecule has 1 aromatic carbocycles. The Morgan fingerprint density at radius 1 is 1.28 bits per heavy atom. The Hall–Kier alpha value is -2.35. The molecule has 0 aliphatic heterocycles. The fourth-order valence-corrected chi connectivity index (χ4v) is 1.43. The van der Waals surface area contributed by atoms with Crippen LogP contribution in [0.25, 0.3) is 0 Å². The van der Waals surface area contributed by atoms with Crippen LogP contribution in [0.5, 0.6) is 0 Å². The van der Waals surface area contributed by atoms with Crippen LogP contribution in [-0.4, -0.2) is 17.0 Å². The summed E-state index contributed by atoms with van der Waals surface area (Å²) in [5.41, 5.74) is 0.625. The highest BCUT2D eigenvalue weighted by atomic mass is 16.4. The minimum Gasteiger partial charge on any atom is -0.478 e. The Bertz CT molecular complexity index is 486. The number of nitrogens with one attached hydrogen (secondary N) is 1. The van der Waals surface area contributed by atoms with Crippen LogP contribution >= 0.6 is 0 Å². The van der Waals surface area contributed by atoms with Gasteiger partial charge in [0.1, 0.15) is 5.92 Å². The van der Waals surface area contributed by atoms with Gasteiger partial charge < -0.3 is 10.4 Å². The summed E-state index contributed by atoms with van der Waals surface area (Å²) in [7, 11) is 0. The monoisotopic (exact) mass is 246 g/mol. The average molecular weight is 246 g/mol. The molecule has 1 atom stereocenters. The minimum atomic E-state index is -1.02. The lowest BCUT2D eigenvalue weighted by molar-refractivity contribution is -0.119. The zero-order valence-electron chi connectivity index (χ0n) is 10.2. The van der Waals surface area contributed by atoms with Crippen molar-refractivity contribution in [3.05, 3.63) is 29.8 Å². The number of hydrogen-bond acceptors (Lipinski definition) is 3. The fourth-order valence-electron chi connectivity index (χ4n) is 1.43. The number of hydrogen-bond donors (Lipinski definition) is 2. The second-order valence-corrected chi connectivity index (χ2v) is 4.22. The van der Waals surface area contributed by atoms with Crippen LogP contribution in [0.4, 0.5) is 5.69 Å². The highest BCUT2D eigenvalue weighted by Crippen LogP contribution is 2.15. The lowest BCUT2D eigenvalue weighted by atomic mass is 9.96. The van der Waals surface area contributed by atoms with E-state index < -0.39 is 11.9 Å². The van der Waals surface area contributed by atoms with Crippen LogP contribution in [0, 0.1) is 23.2 Å². The van der Waals surface area contributed by atoms with Crippen molar-refractivity contribution in [2.24, 2.45) is 11.8 Å². The van der Waals surface area contributed by atoms with E-state index in [9.17, 15) is 9.59 Å². The van der Waals surface area contributed by atoms with Gasteiger partial charge in [-0.15, -0.1) is 0 Å². The smallest absolute Gasteiger partial charge is 0.335 e. The first kappa shape index (κ1) is 13.7. The lowest BCUT2D eigenvalue weighted by Crippen LogP contribution is -2.25. The van der Waals surface area contributed by atoms with Crippen molar-refractivity contribution in [1.29, 1.82) is 5.26 Å². The maximum Gasteiger partial charge on any atom is 0.335 e. The van der Waals surface area contributed by atoms with E-state index in [-0.39, 0.29) is 17.4 Å². The van der Waals surface area contributed by atoms with Crippen LogP contribution in [0.3, 0.4) is 0 Å². The van der Waals surface area contributed by atoms with E-state index in [1.165, 1.54) is 24.3 Å². The molecule has 0 saturated heterocycles. The van der Waals surface area contributed by atoms with Crippen LogP contribution in [-0.2, 0) is 4.79 Å². The normalized spacial score (nSPS) is 11.7. The van der Waals surface area contributed by atoms with Gasteiger partial charge in [0.15, 0.2) is 0 Å². The second kappa shape index (κ2) is 5.82. The third-order valence-corrected chi connectivity index (χ3v) is 2.49. The molecule has 0 aliphatic rings. The molecule has 1 amide bonds. The molecule has 0 heterocycles. The number of nitrogens with zero attached hydrogens (tertiary/aromatic N) is 1. The summed E-state index contributed by atoms with van der Waals surface area (Å²) in [4.78, 5) is 22.4. The highest BCUT2D eigenvalue weighted by Gasteiger charge is 2.21. The standard InChI is InChI=1S/C13H14N2O3/c1-8(2)11(7-14)12(16)15-10-5-3-9(4-6-10)13(17)18/h3-6,8,11H,1-2H3,(H,15,16)(H,17,18). The zero-order chi connectivity index (χ0) is 13.7. The van der Waals surface area contributed by atoms with E-state index in [4.69, 9.17) is 10.4 Å². The highest BCUT2D eigenvalue weighted by molar-refractivity contribution is 5.95. The van der Waals surface area contributed by atoms with Crippen molar-refractivity contribution in [2.45, 2.75) is 13.8 Å². The van der Waals surface area contributed by atoms with Crippen LogP contribution in [0.1, 0.15) is 24.2 Å². The summed E-state index contributed by atoms with van der Waals surface area (Å²) < 4.78 is 0. The second-order valence-electron chi connectivity index (χ2n) is 4.22. The van der Waals surface area contributed by atoms with Gasteiger partial charge in [0.2, 0.25) is 5.91 Å². The maximum absolute atomic E-state index is 11.8. The Balaban J connectivity index is 2.77. The van der Waals surface area contributed by atoms with Crippen molar-refractivity contribution < 1.29 is 14.7 Å². The molecule has 1 rings (SSSR count). The molecule has 1 unspecified atom stereocenters. The van der Waals surface area contributed by atoms with E-state index in [0.717, 1.165) is 0 Å². The number of rotatable bonds is 4. The summed E-state index contributed by atoms with van der Waals surface area (Å²) in [5.74, 6) is -2.20.